The zero-order chi connectivity index (χ0) is 23.9. The first-order chi connectivity index (χ1) is 15.6. The van der Waals surface area contributed by atoms with Gasteiger partial charge in [-0.25, -0.2) is 19.2 Å². The lowest BCUT2D eigenvalue weighted by atomic mass is 9.90. The van der Waals surface area contributed by atoms with Crippen molar-refractivity contribution in [1.82, 2.24) is 14.9 Å². The minimum Gasteiger partial charge on any atom is -0.496 e. The number of carbonyl (C=O) groups excluding carboxylic acids is 1. The van der Waals surface area contributed by atoms with Crippen molar-refractivity contribution in [2.75, 3.05) is 25.5 Å². The summed E-state index contributed by atoms with van der Waals surface area (Å²) in [4.78, 5) is 22.6. The predicted molar refractivity (Wildman–Crippen MR) is 126 cm³/mol. The fourth-order valence-corrected chi connectivity index (χ4v) is 3.91. The zero-order valence-electron chi connectivity index (χ0n) is 18.6. The molecular weight excluding hydrogens is 470 g/mol. The summed E-state index contributed by atoms with van der Waals surface area (Å²) < 4.78 is 25.6. The van der Waals surface area contributed by atoms with E-state index in [4.69, 9.17) is 32.7 Å². The maximum Gasteiger partial charge on any atom is 0.410 e. The fraction of sp³-hybridized carbons (Fsp3) is 0.348. The van der Waals surface area contributed by atoms with E-state index in [9.17, 15) is 9.18 Å². The molecule has 1 saturated heterocycles. The van der Waals surface area contributed by atoms with Crippen LogP contribution in [0.1, 0.15) is 32.3 Å². The summed E-state index contributed by atoms with van der Waals surface area (Å²) in [5, 5.41) is 3.61. The first-order valence-electron chi connectivity index (χ1n) is 10.3. The lowest BCUT2D eigenvalue weighted by Gasteiger charge is -2.40. The number of likely N-dealkylation sites (tertiary alicyclic amines) is 1. The molecule has 2 aromatic carbocycles. The highest BCUT2D eigenvalue weighted by Gasteiger charge is 2.36. The lowest BCUT2D eigenvalue weighted by Crippen LogP contribution is -2.50. The summed E-state index contributed by atoms with van der Waals surface area (Å²) >= 11 is 11.8. The van der Waals surface area contributed by atoms with Crippen molar-refractivity contribution in [2.24, 2.45) is 0 Å². The van der Waals surface area contributed by atoms with Crippen molar-refractivity contribution in [3.05, 3.63) is 52.0 Å². The molecule has 0 atom stereocenters. The Kier molecular flexibility index (Phi) is 6.24. The maximum absolute atomic E-state index is 14.6. The molecule has 1 aliphatic heterocycles. The third-order valence-electron chi connectivity index (χ3n) is 5.25. The molecule has 0 spiro atoms. The van der Waals surface area contributed by atoms with Gasteiger partial charge in [0.25, 0.3) is 0 Å². The van der Waals surface area contributed by atoms with Crippen LogP contribution in [-0.2, 0) is 4.74 Å². The maximum atomic E-state index is 14.6. The van der Waals surface area contributed by atoms with Crippen LogP contribution in [0.2, 0.25) is 10.0 Å². The molecule has 10 heteroatoms. The van der Waals surface area contributed by atoms with Gasteiger partial charge in [0.1, 0.15) is 23.5 Å². The van der Waals surface area contributed by atoms with Gasteiger partial charge in [-0.15, -0.1) is 0 Å². The van der Waals surface area contributed by atoms with Crippen LogP contribution in [-0.4, -0.2) is 46.8 Å². The van der Waals surface area contributed by atoms with Gasteiger partial charge in [-0.05, 0) is 39.0 Å². The Morgan fingerprint density at radius 2 is 1.94 bits per heavy atom. The van der Waals surface area contributed by atoms with Crippen LogP contribution >= 0.6 is 23.2 Å². The van der Waals surface area contributed by atoms with Gasteiger partial charge in [0.05, 0.1) is 28.4 Å². The van der Waals surface area contributed by atoms with Gasteiger partial charge in [-0.2, -0.15) is 0 Å². The topological polar surface area (TPSA) is 76.6 Å². The number of rotatable bonds is 4. The summed E-state index contributed by atoms with van der Waals surface area (Å²) in [6.07, 6.45) is 1.03. The van der Waals surface area contributed by atoms with E-state index in [0.29, 0.717) is 35.6 Å². The molecule has 1 aromatic heterocycles. The van der Waals surface area contributed by atoms with Crippen LogP contribution in [0, 0.1) is 5.82 Å². The second kappa shape index (κ2) is 8.83. The summed E-state index contributed by atoms with van der Waals surface area (Å²) in [5.74, 6) is 0.439. The number of carbonyl (C=O) groups is 1. The van der Waals surface area contributed by atoms with Crippen molar-refractivity contribution in [2.45, 2.75) is 32.3 Å². The number of nitrogens with one attached hydrogen (secondary N) is 1. The van der Waals surface area contributed by atoms with E-state index in [2.05, 4.69) is 15.3 Å². The average Bonchev–Trinajstić information content (AvgIpc) is 2.71. The zero-order valence-corrected chi connectivity index (χ0v) is 20.1. The van der Waals surface area contributed by atoms with Crippen molar-refractivity contribution < 1.29 is 18.7 Å². The Labute approximate surface area is 200 Å². The van der Waals surface area contributed by atoms with Gasteiger partial charge in [0, 0.05) is 36.0 Å². The molecule has 174 valence electrons. The smallest absolute Gasteiger partial charge is 0.410 e. The van der Waals surface area contributed by atoms with E-state index in [1.54, 1.807) is 18.1 Å². The number of anilines is 2. The molecule has 0 unspecified atom stereocenters. The van der Waals surface area contributed by atoms with Crippen LogP contribution in [0.3, 0.4) is 0 Å². The summed E-state index contributed by atoms with van der Waals surface area (Å²) in [6, 6.07) is 6.71. The summed E-state index contributed by atoms with van der Waals surface area (Å²) in [7, 11) is 1.58. The SMILES string of the molecule is COc1cc2ncnc(Nc3ccc(Cl)c(Cl)c3F)c2cc1C1CN(C(=O)OC(C)(C)C)C1. The second-order valence-corrected chi connectivity index (χ2v) is 9.55. The number of hydrogen-bond donors (Lipinski definition) is 1. The summed E-state index contributed by atoms with van der Waals surface area (Å²) in [6.45, 7) is 6.49. The third kappa shape index (κ3) is 4.77. The van der Waals surface area contributed by atoms with Crippen LogP contribution in [0.4, 0.5) is 20.7 Å². The Morgan fingerprint density at radius 1 is 1.21 bits per heavy atom. The molecule has 1 aliphatic rings. The number of aromatic nitrogens is 2. The molecule has 0 aliphatic carbocycles. The first-order valence-corrected chi connectivity index (χ1v) is 11.0. The molecule has 1 N–H and O–H groups in total. The van der Waals surface area contributed by atoms with E-state index in [1.807, 2.05) is 26.8 Å². The molecule has 33 heavy (non-hydrogen) atoms. The van der Waals surface area contributed by atoms with Crippen molar-refractivity contribution in [1.29, 1.82) is 0 Å². The van der Waals surface area contributed by atoms with Crippen LogP contribution in [0.5, 0.6) is 5.75 Å². The average molecular weight is 493 g/mol. The highest BCUT2D eigenvalue weighted by atomic mass is 35.5. The monoisotopic (exact) mass is 492 g/mol. The number of amides is 1. The number of nitrogens with zero attached hydrogens (tertiary/aromatic N) is 3. The number of fused-ring (bicyclic) bond motifs is 1. The minimum atomic E-state index is -0.670. The number of benzene rings is 2. The fourth-order valence-electron chi connectivity index (χ4n) is 3.60. The number of methoxy groups -OCH3 is 1. The van der Waals surface area contributed by atoms with E-state index >= 15 is 0 Å². The largest absolute Gasteiger partial charge is 0.496 e. The highest BCUT2D eigenvalue weighted by molar-refractivity contribution is 6.42. The lowest BCUT2D eigenvalue weighted by molar-refractivity contribution is 0.00801. The van der Waals surface area contributed by atoms with E-state index in [-0.39, 0.29) is 27.7 Å². The van der Waals surface area contributed by atoms with Crippen LogP contribution in [0.25, 0.3) is 10.9 Å². The first kappa shape index (κ1) is 23.3. The van der Waals surface area contributed by atoms with Gasteiger partial charge in [0.2, 0.25) is 0 Å². The van der Waals surface area contributed by atoms with Gasteiger partial charge >= 0.3 is 6.09 Å². The molecule has 1 amide bonds. The predicted octanol–water partition coefficient (Wildman–Crippen LogP) is 6.16. The molecular formula is C23H23Cl2FN4O3. The van der Waals surface area contributed by atoms with Crippen LogP contribution < -0.4 is 10.1 Å². The van der Waals surface area contributed by atoms with Crippen molar-refractivity contribution >= 4 is 51.7 Å². The molecule has 7 nitrogen and oxygen atoms in total. The van der Waals surface area contributed by atoms with E-state index in [1.165, 1.54) is 18.5 Å². The molecule has 4 rings (SSSR count). The highest BCUT2D eigenvalue weighted by Crippen LogP contribution is 2.39. The number of halogens is 3. The summed E-state index contributed by atoms with van der Waals surface area (Å²) in [5.41, 5.74) is 1.11. The van der Waals surface area contributed by atoms with E-state index < -0.39 is 11.4 Å². The number of hydrogen-bond acceptors (Lipinski definition) is 6. The Morgan fingerprint density at radius 3 is 2.61 bits per heavy atom. The van der Waals surface area contributed by atoms with Crippen LogP contribution in [0.15, 0.2) is 30.6 Å². The molecule has 0 radical (unpaired) electrons. The second-order valence-electron chi connectivity index (χ2n) is 8.76. The quantitative estimate of drug-likeness (QED) is 0.439. The Bertz CT molecular complexity index is 1230. The normalized spacial score (nSPS) is 14.2. The molecule has 1 fully saturated rings. The molecule has 3 aromatic rings. The van der Waals surface area contributed by atoms with Crippen molar-refractivity contribution in [3.8, 4) is 5.75 Å². The van der Waals surface area contributed by atoms with Gasteiger partial charge in [-0.3, -0.25) is 0 Å². The molecule has 0 saturated carbocycles. The van der Waals surface area contributed by atoms with Gasteiger partial charge < -0.3 is 19.7 Å². The van der Waals surface area contributed by atoms with Crippen molar-refractivity contribution in [3.63, 3.8) is 0 Å². The molecule has 0 bridgehead atoms. The third-order valence-corrected chi connectivity index (χ3v) is 6.03. The minimum absolute atomic E-state index is 0.0478. The van der Waals surface area contributed by atoms with Gasteiger partial charge in [0.15, 0.2) is 5.82 Å². The van der Waals surface area contributed by atoms with Gasteiger partial charge in [-0.1, -0.05) is 23.2 Å². The number of ether oxygens (including phenoxy) is 2. The molecule has 2 heterocycles. The Balaban J connectivity index is 1.64. The van der Waals surface area contributed by atoms with E-state index in [0.717, 1.165) is 5.56 Å². The standard InChI is InChI=1S/C23H23Cl2FN4O3/c1-23(2,3)33-22(31)30-9-12(10-30)13-7-14-17(8-18(13)32-4)27-11-28-21(14)29-16-6-5-15(24)19(25)20(16)26/h5-8,11-12H,9-10H2,1-4H3,(H,27,28,29). The Hall–Kier alpha value is -2.84.